The fraction of sp³-hybridized carbons (Fsp3) is 0.167. The molecular weight excluding hydrogens is 504 g/mol. The molecule has 196 valence electrons. The number of benzene rings is 3. The standard InChI is InChI=1S/C30H22O9/c1-34-16-5-8-22-19(11-16)29(33)21(14-37-22)18-12-26(31)39-24-9-6-17-28(32)20(13-38-30(17)27(18)24)15-4-7-23(35-2)25(10-15)36-3/h4-11,13-14,18H,12H2,1-3H3/t18-/m1/s1. The third-order valence-corrected chi connectivity index (χ3v) is 6.96. The van der Waals surface area contributed by atoms with Crippen LogP contribution in [0.25, 0.3) is 33.1 Å². The van der Waals surface area contributed by atoms with Gasteiger partial charge in [0.1, 0.15) is 28.9 Å². The zero-order valence-corrected chi connectivity index (χ0v) is 21.2. The first kappa shape index (κ1) is 24.3. The van der Waals surface area contributed by atoms with Crippen LogP contribution < -0.4 is 29.8 Å². The average Bonchev–Trinajstić information content (AvgIpc) is 2.96. The van der Waals surface area contributed by atoms with Gasteiger partial charge in [-0.25, -0.2) is 0 Å². The number of ether oxygens (including phenoxy) is 4. The predicted octanol–water partition coefficient (Wildman–Crippen LogP) is 5.03. The van der Waals surface area contributed by atoms with Gasteiger partial charge in [-0.05, 0) is 48.0 Å². The van der Waals surface area contributed by atoms with Crippen molar-refractivity contribution in [3.63, 3.8) is 0 Å². The van der Waals surface area contributed by atoms with Gasteiger partial charge in [-0.2, -0.15) is 0 Å². The van der Waals surface area contributed by atoms with Crippen molar-refractivity contribution in [3.05, 3.63) is 92.6 Å². The molecule has 0 radical (unpaired) electrons. The van der Waals surface area contributed by atoms with Gasteiger partial charge in [-0.15, -0.1) is 0 Å². The Labute approximate surface area is 221 Å². The first-order chi connectivity index (χ1) is 18.9. The molecule has 2 aromatic heterocycles. The molecular formula is C30H22O9. The SMILES string of the molecule is COc1ccc2occ([C@H]3CC(=O)Oc4ccc5c(=O)c(-c6ccc(OC)c(OC)c6)coc5c43)c(=O)c2c1. The second kappa shape index (κ2) is 9.36. The Morgan fingerprint density at radius 1 is 0.769 bits per heavy atom. The predicted molar refractivity (Wildman–Crippen MR) is 142 cm³/mol. The van der Waals surface area contributed by atoms with Crippen molar-refractivity contribution in [2.45, 2.75) is 12.3 Å². The smallest absolute Gasteiger partial charge is 0.312 e. The van der Waals surface area contributed by atoms with Crippen molar-refractivity contribution in [2.75, 3.05) is 21.3 Å². The van der Waals surface area contributed by atoms with Crippen LogP contribution in [0.4, 0.5) is 0 Å². The molecule has 3 heterocycles. The Morgan fingerprint density at radius 3 is 2.36 bits per heavy atom. The normalized spacial score (nSPS) is 14.6. The van der Waals surface area contributed by atoms with Gasteiger partial charge in [0.05, 0.1) is 50.3 Å². The summed E-state index contributed by atoms with van der Waals surface area (Å²) in [6, 6.07) is 13.1. The molecule has 0 saturated heterocycles. The van der Waals surface area contributed by atoms with Crippen LogP contribution in [0.3, 0.4) is 0 Å². The Balaban J connectivity index is 1.55. The highest BCUT2D eigenvalue weighted by molar-refractivity contribution is 5.90. The van der Waals surface area contributed by atoms with Crippen LogP contribution in [0.2, 0.25) is 0 Å². The molecule has 0 bridgehead atoms. The molecule has 0 amide bonds. The van der Waals surface area contributed by atoms with Crippen LogP contribution in [0, 0.1) is 0 Å². The Morgan fingerprint density at radius 2 is 1.59 bits per heavy atom. The van der Waals surface area contributed by atoms with Crippen LogP contribution in [0.15, 0.2) is 79.5 Å². The number of rotatable bonds is 5. The van der Waals surface area contributed by atoms with Gasteiger partial charge >= 0.3 is 5.97 Å². The summed E-state index contributed by atoms with van der Waals surface area (Å²) in [5, 5.41) is 0.584. The number of hydrogen-bond donors (Lipinski definition) is 0. The lowest BCUT2D eigenvalue weighted by atomic mass is 9.85. The van der Waals surface area contributed by atoms with Gasteiger partial charge < -0.3 is 27.8 Å². The molecule has 1 aliphatic heterocycles. The molecule has 5 aromatic rings. The van der Waals surface area contributed by atoms with Gasteiger partial charge in [-0.1, -0.05) is 6.07 Å². The maximum atomic E-state index is 13.7. The van der Waals surface area contributed by atoms with E-state index in [1.165, 1.54) is 33.9 Å². The minimum Gasteiger partial charge on any atom is -0.497 e. The van der Waals surface area contributed by atoms with E-state index in [-0.39, 0.29) is 39.6 Å². The molecule has 9 nitrogen and oxygen atoms in total. The molecule has 0 aliphatic carbocycles. The monoisotopic (exact) mass is 526 g/mol. The van der Waals surface area contributed by atoms with Gasteiger partial charge in [0.2, 0.25) is 5.43 Å². The van der Waals surface area contributed by atoms with Crippen LogP contribution in [-0.4, -0.2) is 27.3 Å². The summed E-state index contributed by atoms with van der Waals surface area (Å²) in [5.74, 6) is 0.433. The van der Waals surface area contributed by atoms with E-state index in [1.54, 1.807) is 48.5 Å². The van der Waals surface area contributed by atoms with Gasteiger partial charge in [0, 0.05) is 17.0 Å². The molecule has 9 heteroatoms. The lowest BCUT2D eigenvalue weighted by molar-refractivity contribution is -0.135. The van der Waals surface area contributed by atoms with E-state index in [4.69, 9.17) is 27.8 Å². The number of methoxy groups -OCH3 is 3. The zero-order chi connectivity index (χ0) is 27.3. The number of fused-ring (bicyclic) bond motifs is 4. The molecule has 3 aromatic carbocycles. The van der Waals surface area contributed by atoms with Gasteiger partial charge in [-0.3, -0.25) is 14.4 Å². The molecule has 0 fully saturated rings. The summed E-state index contributed by atoms with van der Waals surface area (Å²) in [6.45, 7) is 0. The second-order valence-corrected chi connectivity index (χ2v) is 9.02. The summed E-state index contributed by atoms with van der Waals surface area (Å²) in [5.41, 5.74) is 1.56. The van der Waals surface area contributed by atoms with E-state index in [0.29, 0.717) is 44.9 Å². The molecule has 0 N–H and O–H groups in total. The minimum atomic E-state index is -0.758. The molecule has 0 saturated carbocycles. The molecule has 1 aliphatic rings. The molecule has 6 rings (SSSR count). The van der Waals surface area contributed by atoms with E-state index in [0.717, 1.165) is 0 Å². The van der Waals surface area contributed by atoms with E-state index in [1.807, 2.05) is 0 Å². The van der Waals surface area contributed by atoms with E-state index in [9.17, 15) is 14.4 Å². The summed E-state index contributed by atoms with van der Waals surface area (Å²) in [7, 11) is 4.54. The fourth-order valence-corrected chi connectivity index (χ4v) is 5.02. The van der Waals surface area contributed by atoms with Crippen molar-refractivity contribution >= 4 is 27.9 Å². The lowest BCUT2D eigenvalue weighted by Crippen LogP contribution is -2.25. The number of carbonyl (C=O) groups is 1. The largest absolute Gasteiger partial charge is 0.497 e. The second-order valence-electron chi connectivity index (χ2n) is 9.02. The molecule has 1 atom stereocenters. The number of hydrogen-bond acceptors (Lipinski definition) is 9. The van der Waals surface area contributed by atoms with Gasteiger partial charge in [0.25, 0.3) is 0 Å². The zero-order valence-electron chi connectivity index (χ0n) is 21.2. The summed E-state index contributed by atoms with van der Waals surface area (Å²) >= 11 is 0. The lowest BCUT2D eigenvalue weighted by Gasteiger charge is -2.25. The van der Waals surface area contributed by atoms with Crippen LogP contribution in [0.5, 0.6) is 23.0 Å². The molecule has 39 heavy (non-hydrogen) atoms. The van der Waals surface area contributed by atoms with E-state index < -0.39 is 11.9 Å². The highest BCUT2D eigenvalue weighted by Gasteiger charge is 2.34. The summed E-state index contributed by atoms with van der Waals surface area (Å²) < 4.78 is 33.2. The topological polar surface area (TPSA) is 114 Å². The average molecular weight is 526 g/mol. The number of esters is 1. The van der Waals surface area contributed by atoms with Gasteiger partial charge in [0.15, 0.2) is 16.9 Å². The highest BCUT2D eigenvalue weighted by Crippen LogP contribution is 2.42. The van der Waals surface area contributed by atoms with Crippen molar-refractivity contribution in [2.24, 2.45) is 0 Å². The Bertz CT molecular complexity index is 1900. The van der Waals surface area contributed by atoms with E-state index in [2.05, 4.69) is 0 Å². The van der Waals surface area contributed by atoms with Crippen LogP contribution in [-0.2, 0) is 4.79 Å². The fourth-order valence-electron chi connectivity index (χ4n) is 5.02. The highest BCUT2D eigenvalue weighted by atomic mass is 16.5. The maximum absolute atomic E-state index is 13.7. The van der Waals surface area contributed by atoms with Crippen molar-refractivity contribution in [1.82, 2.24) is 0 Å². The maximum Gasteiger partial charge on any atom is 0.312 e. The van der Waals surface area contributed by atoms with Crippen LogP contribution >= 0.6 is 0 Å². The third-order valence-electron chi connectivity index (χ3n) is 6.96. The Kier molecular flexibility index (Phi) is 5.83. The van der Waals surface area contributed by atoms with Crippen molar-refractivity contribution in [1.29, 1.82) is 0 Å². The minimum absolute atomic E-state index is 0.131. The van der Waals surface area contributed by atoms with Crippen molar-refractivity contribution < 1.29 is 32.6 Å². The van der Waals surface area contributed by atoms with Crippen molar-refractivity contribution in [3.8, 4) is 34.1 Å². The third kappa shape index (κ3) is 3.90. The first-order valence-corrected chi connectivity index (χ1v) is 12.0. The first-order valence-electron chi connectivity index (χ1n) is 12.0. The van der Waals surface area contributed by atoms with E-state index >= 15 is 0 Å². The molecule has 0 spiro atoms. The quantitative estimate of drug-likeness (QED) is 0.230. The Hall–Kier alpha value is -5.05. The number of carbonyl (C=O) groups excluding carboxylic acids is 1. The van der Waals surface area contributed by atoms with Crippen LogP contribution in [0.1, 0.15) is 23.5 Å². The summed E-state index contributed by atoms with van der Waals surface area (Å²) in [4.78, 5) is 39.8. The molecule has 0 unspecified atom stereocenters. The summed E-state index contributed by atoms with van der Waals surface area (Å²) in [6.07, 6.45) is 2.57.